The summed E-state index contributed by atoms with van der Waals surface area (Å²) in [5, 5.41) is 5.18. The lowest BCUT2D eigenvalue weighted by Gasteiger charge is -2.27. The van der Waals surface area contributed by atoms with Gasteiger partial charge in [0.1, 0.15) is 0 Å². The van der Waals surface area contributed by atoms with Gasteiger partial charge in [0, 0.05) is 23.3 Å². The van der Waals surface area contributed by atoms with Crippen LogP contribution < -0.4 is 4.90 Å². The second kappa shape index (κ2) is 14.6. The summed E-state index contributed by atoms with van der Waals surface area (Å²) in [5.41, 5.74) is 18.0. The Morgan fingerprint density at radius 1 is 0.491 bits per heavy atom. The van der Waals surface area contributed by atoms with Crippen LogP contribution in [0, 0.1) is 20.8 Å². The SMILES string of the molecule is Cc1ccc(C(=Cc2ccc3c(c2)C2CCCC2N3c2ccc(C=C(c3ccc(C)c4ccccc34)c3ccc(C)c4ccccc34)cc2)c2ccccc2)cc1. The fourth-order valence-electron chi connectivity index (χ4n) is 9.72. The summed E-state index contributed by atoms with van der Waals surface area (Å²) in [7, 11) is 0. The molecule has 0 amide bonds. The highest BCUT2D eigenvalue weighted by molar-refractivity contribution is 6.09. The predicted molar refractivity (Wildman–Crippen MR) is 244 cm³/mol. The van der Waals surface area contributed by atoms with E-state index in [2.05, 4.69) is 208 Å². The quantitative estimate of drug-likeness (QED) is 0.147. The first-order valence-corrected chi connectivity index (χ1v) is 20.6. The van der Waals surface area contributed by atoms with Crippen molar-refractivity contribution in [2.24, 2.45) is 0 Å². The molecule has 1 aliphatic carbocycles. The van der Waals surface area contributed by atoms with E-state index in [1.807, 2.05) is 0 Å². The Morgan fingerprint density at radius 2 is 1.05 bits per heavy atom. The highest BCUT2D eigenvalue weighted by Gasteiger charge is 2.42. The van der Waals surface area contributed by atoms with E-state index >= 15 is 0 Å². The normalized spacial score (nSPS) is 16.2. The number of anilines is 2. The van der Waals surface area contributed by atoms with Crippen molar-refractivity contribution in [2.75, 3.05) is 4.90 Å². The van der Waals surface area contributed by atoms with E-state index < -0.39 is 0 Å². The predicted octanol–water partition coefficient (Wildman–Crippen LogP) is 14.9. The summed E-state index contributed by atoms with van der Waals surface area (Å²) in [5.74, 6) is 0.545. The molecule has 10 rings (SSSR count). The minimum atomic E-state index is 0.486. The fourth-order valence-corrected chi connectivity index (χ4v) is 9.72. The van der Waals surface area contributed by atoms with Gasteiger partial charge in [-0.15, -0.1) is 0 Å². The van der Waals surface area contributed by atoms with Crippen LogP contribution in [0.2, 0.25) is 0 Å². The summed E-state index contributed by atoms with van der Waals surface area (Å²) >= 11 is 0. The topological polar surface area (TPSA) is 3.24 Å². The van der Waals surface area contributed by atoms with Crippen molar-refractivity contribution in [2.45, 2.75) is 52.0 Å². The lowest BCUT2D eigenvalue weighted by molar-refractivity contribution is 0.642. The summed E-state index contributed by atoms with van der Waals surface area (Å²) in [6.45, 7) is 6.58. The molecule has 0 saturated heterocycles. The van der Waals surface area contributed by atoms with Crippen LogP contribution >= 0.6 is 0 Å². The molecule has 0 bridgehead atoms. The van der Waals surface area contributed by atoms with Gasteiger partial charge in [0.25, 0.3) is 0 Å². The van der Waals surface area contributed by atoms with Crippen LogP contribution in [0.4, 0.5) is 11.4 Å². The van der Waals surface area contributed by atoms with Crippen molar-refractivity contribution in [1.82, 2.24) is 0 Å². The van der Waals surface area contributed by atoms with Crippen molar-refractivity contribution in [3.8, 4) is 0 Å². The number of fused-ring (bicyclic) bond motifs is 5. The van der Waals surface area contributed by atoms with Gasteiger partial charge < -0.3 is 4.90 Å². The van der Waals surface area contributed by atoms with E-state index in [9.17, 15) is 0 Å². The standard InChI is InChI=1S/C56H47N/c1-37-20-27-43(28-21-37)52(42-12-5-4-6-13-42)35-41-26-33-56-54(36-41)51-18-11-19-55(51)57(56)44-29-24-40(25-30-44)34-53(49-31-22-38(2)45-14-7-9-16-47(45)49)50-32-23-39(3)46-15-8-10-17-48(46)50/h4-10,12-17,20-36,51,55H,11,18-19H2,1-3H3. The maximum absolute atomic E-state index is 2.65. The molecule has 8 aromatic rings. The third-order valence-corrected chi connectivity index (χ3v) is 12.6. The van der Waals surface area contributed by atoms with Crippen LogP contribution in [0.1, 0.15) is 80.8 Å². The Hall–Kier alpha value is -6.44. The molecule has 1 nitrogen and oxygen atoms in total. The molecule has 0 aromatic heterocycles. The summed E-state index contributed by atoms with van der Waals surface area (Å²) in [4.78, 5) is 2.65. The molecular formula is C56H47N. The molecule has 0 radical (unpaired) electrons. The first-order chi connectivity index (χ1) is 28.0. The fraction of sp³-hybridized carbons (Fsp3) is 0.143. The van der Waals surface area contributed by atoms with Gasteiger partial charge in [-0.25, -0.2) is 0 Å². The third-order valence-electron chi connectivity index (χ3n) is 12.6. The van der Waals surface area contributed by atoms with E-state index in [0.29, 0.717) is 12.0 Å². The van der Waals surface area contributed by atoms with Gasteiger partial charge >= 0.3 is 0 Å². The van der Waals surface area contributed by atoms with Crippen LogP contribution in [0.3, 0.4) is 0 Å². The monoisotopic (exact) mass is 733 g/mol. The molecule has 0 spiro atoms. The lowest BCUT2D eigenvalue weighted by Crippen LogP contribution is -2.26. The van der Waals surface area contributed by atoms with Gasteiger partial charge in [0.15, 0.2) is 0 Å². The minimum Gasteiger partial charge on any atom is -0.338 e. The first-order valence-electron chi connectivity index (χ1n) is 20.6. The zero-order valence-electron chi connectivity index (χ0n) is 33.0. The summed E-state index contributed by atoms with van der Waals surface area (Å²) in [6.07, 6.45) is 8.52. The largest absolute Gasteiger partial charge is 0.338 e. The number of benzene rings is 8. The van der Waals surface area contributed by atoms with Gasteiger partial charge in [-0.05, 0) is 153 Å². The van der Waals surface area contributed by atoms with Crippen molar-refractivity contribution in [3.63, 3.8) is 0 Å². The first kappa shape index (κ1) is 35.0. The van der Waals surface area contributed by atoms with Gasteiger partial charge in [0.2, 0.25) is 0 Å². The lowest BCUT2D eigenvalue weighted by atomic mass is 9.87. The Balaban J connectivity index is 1.05. The number of rotatable bonds is 7. The van der Waals surface area contributed by atoms with Crippen LogP contribution in [-0.4, -0.2) is 6.04 Å². The molecule has 2 atom stereocenters. The van der Waals surface area contributed by atoms with E-state index in [0.717, 1.165) is 0 Å². The molecule has 1 aliphatic heterocycles. The molecule has 2 unspecified atom stereocenters. The van der Waals surface area contributed by atoms with Crippen molar-refractivity contribution in [1.29, 1.82) is 0 Å². The van der Waals surface area contributed by atoms with E-state index in [1.54, 1.807) is 0 Å². The second-order valence-corrected chi connectivity index (χ2v) is 16.2. The highest BCUT2D eigenvalue weighted by Crippen LogP contribution is 2.53. The van der Waals surface area contributed by atoms with Crippen LogP contribution in [0.15, 0.2) is 170 Å². The number of hydrogen-bond acceptors (Lipinski definition) is 1. The Morgan fingerprint density at radius 3 is 1.70 bits per heavy atom. The van der Waals surface area contributed by atoms with Crippen LogP contribution in [0.5, 0.6) is 0 Å². The van der Waals surface area contributed by atoms with Gasteiger partial charge in [0.05, 0.1) is 0 Å². The Labute approximate surface area is 337 Å². The minimum absolute atomic E-state index is 0.486. The maximum Gasteiger partial charge on any atom is 0.0450 e. The molecule has 276 valence electrons. The second-order valence-electron chi connectivity index (χ2n) is 16.2. The van der Waals surface area contributed by atoms with Crippen molar-refractivity contribution >= 4 is 56.2 Å². The molecule has 1 heterocycles. The highest BCUT2D eigenvalue weighted by atomic mass is 15.2. The van der Waals surface area contributed by atoms with Gasteiger partial charge in [-0.3, -0.25) is 0 Å². The number of nitrogens with zero attached hydrogens (tertiary/aromatic N) is 1. The number of aryl methyl sites for hydroxylation is 3. The summed E-state index contributed by atoms with van der Waals surface area (Å²) < 4.78 is 0. The third kappa shape index (κ3) is 6.38. The smallest absolute Gasteiger partial charge is 0.0450 e. The van der Waals surface area contributed by atoms with Gasteiger partial charge in [-0.1, -0.05) is 158 Å². The van der Waals surface area contributed by atoms with Gasteiger partial charge in [-0.2, -0.15) is 0 Å². The zero-order chi connectivity index (χ0) is 38.5. The summed E-state index contributed by atoms with van der Waals surface area (Å²) in [6, 6.07) is 63.7. The van der Waals surface area contributed by atoms with E-state index in [1.165, 1.54) is 119 Å². The number of hydrogen-bond donors (Lipinski definition) is 0. The molecule has 1 heteroatoms. The maximum atomic E-state index is 2.65. The Kier molecular flexibility index (Phi) is 8.95. The molecule has 8 aromatic carbocycles. The molecule has 0 N–H and O–H groups in total. The molecular weight excluding hydrogens is 687 g/mol. The average molecular weight is 734 g/mol. The molecule has 2 aliphatic rings. The Bertz CT molecular complexity index is 2750. The molecule has 1 fully saturated rings. The van der Waals surface area contributed by atoms with E-state index in [-0.39, 0.29) is 0 Å². The molecule has 57 heavy (non-hydrogen) atoms. The van der Waals surface area contributed by atoms with Crippen molar-refractivity contribution < 1.29 is 0 Å². The van der Waals surface area contributed by atoms with E-state index in [4.69, 9.17) is 0 Å². The van der Waals surface area contributed by atoms with Crippen LogP contribution in [-0.2, 0) is 0 Å². The van der Waals surface area contributed by atoms with Crippen LogP contribution in [0.25, 0.3) is 44.8 Å². The molecule has 1 saturated carbocycles. The zero-order valence-corrected chi connectivity index (χ0v) is 33.0. The van der Waals surface area contributed by atoms with Crippen molar-refractivity contribution in [3.05, 3.63) is 225 Å². The average Bonchev–Trinajstić information content (AvgIpc) is 3.85.